The second-order valence-corrected chi connectivity index (χ2v) is 18.1. The molecule has 358 valence electrons. The average Bonchev–Trinajstić information content (AvgIpc) is 3.26. The Morgan fingerprint density at radius 2 is 0.541 bits per heavy atom. The molecule has 0 heterocycles. The summed E-state index contributed by atoms with van der Waals surface area (Å²) in [6.45, 7) is 6.64. The lowest BCUT2D eigenvalue weighted by Gasteiger charge is -2.18. The molecule has 0 aromatic heterocycles. The summed E-state index contributed by atoms with van der Waals surface area (Å²) in [6.07, 6.45) is 57.3. The summed E-state index contributed by atoms with van der Waals surface area (Å²) in [5, 5.41) is 0. The molecule has 0 aromatic carbocycles. The largest absolute Gasteiger partial charge is 0.462 e. The Hall–Kier alpha value is -2.11. The molecule has 0 unspecified atom stereocenters. The van der Waals surface area contributed by atoms with Crippen LogP contribution in [-0.4, -0.2) is 37.2 Å². The molecule has 6 nitrogen and oxygen atoms in total. The van der Waals surface area contributed by atoms with Gasteiger partial charge in [-0.15, -0.1) is 0 Å². The zero-order valence-corrected chi connectivity index (χ0v) is 40.9. The SMILES string of the molecule is CCCCCCC/C=C/CCCCCCCC(=O)OC[C@H](COC(=O)CCCCCCCCCCCCCCCCC)OC(=O)CCCCCCC/C=C/CCCCCCC. The third-order valence-corrected chi connectivity index (χ3v) is 11.9. The summed E-state index contributed by atoms with van der Waals surface area (Å²) in [4.78, 5) is 38.0. The maximum Gasteiger partial charge on any atom is 0.306 e. The number of carbonyl (C=O) groups is 3. The molecule has 0 aliphatic carbocycles. The van der Waals surface area contributed by atoms with E-state index in [1.807, 2.05) is 0 Å². The van der Waals surface area contributed by atoms with Crippen molar-refractivity contribution in [1.29, 1.82) is 0 Å². The number of carbonyl (C=O) groups excluding carboxylic acids is 3. The van der Waals surface area contributed by atoms with E-state index in [9.17, 15) is 14.4 Å². The van der Waals surface area contributed by atoms with E-state index in [1.54, 1.807) is 0 Å². The Morgan fingerprint density at radius 3 is 0.820 bits per heavy atom. The molecule has 0 aromatic rings. The van der Waals surface area contributed by atoms with E-state index in [1.165, 1.54) is 180 Å². The lowest BCUT2D eigenvalue weighted by atomic mass is 10.0. The van der Waals surface area contributed by atoms with E-state index in [2.05, 4.69) is 45.1 Å². The second kappa shape index (κ2) is 50.5. The van der Waals surface area contributed by atoms with Crippen molar-refractivity contribution in [3.05, 3.63) is 24.3 Å². The maximum atomic E-state index is 12.8. The standard InChI is InChI=1S/C55H102O6/c1-4-7-10-13-16-19-22-25-28-31-33-36-39-42-45-48-54(57)60-51-52(61-55(58)49-46-43-40-37-34-30-27-24-21-18-15-12-9-6-3)50-59-53(56)47-44-41-38-35-32-29-26-23-20-17-14-11-8-5-2/h23-24,26-27,52H,4-22,25,28-51H2,1-3H3/b26-23+,27-24+/t52-/m1/s1. The average molecular weight is 859 g/mol. The lowest BCUT2D eigenvalue weighted by Crippen LogP contribution is -2.30. The van der Waals surface area contributed by atoms with Gasteiger partial charge >= 0.3 is 17.9 Å². The van der Waals surface area contributed by atoms with Crippen LogP contribution in [-0.2, 0) is 28.6 Å². The van der Waals surface area contributed by atoms with Crippen LogP contribution in [0.4, 0.5) is 0 Å². The van der Waals surface area contributed by atoms with E-state index in [4.69, 9.17) is 14.2 Å². The fourth-order valence-electron chi connectivity index (χ4n) is 7.84. The van der Waals surface area contributed by atoms with Gasteiger partial charge in [-0.25, -0.2) is 0 Å². The van der Waals surface area contributed by atoms with Crippen LogP contribution < -0.4 is 0 Å². The van der Waals surface area contributed by atoms with Crippen molar-refractivity contribution in [3.8, 4) is 0 Å². The molecular weight excluding hydrogens is 757 g/mol. The first kappa shape index (κ1) is 58.9. The topological polar surface area (TPSA) is 78.9 Å². The van der Waals surface area contributed by atoms with Crippen molar-refractivity contribution in [3.63, 3.8) is 0 Å². The third kappa shape index (κ3) is 48.8. The number of hydrogen-bond donors (Lipinski definition) is 0. The molecule has 0 saturated carbocycles. The van der Waals surface area contributed by atoms with Gasteiger partial charge in [0.05, 0.1) is 0 Å². The van der Waals surface area contributed by atoms with E-state index < -0.39 is 6.10 Å². The van der Waals surface area contributed by atoms with Crippen LogP contribution in [0.1, 0.15) is 290 Å². The van der Waals surface area contributed by atoms with Crippen molar-refractivity contribution in [2.75, 3.05) is 13.2 Å². The van der Waals surface area contributed by atoms with Crippen molar-refractivity contribution < 1.29 is 28.6 Å². The second-order valence-electron chi connectivity index (χ2n) is 18.1. The van der Waals surface area contributed by atoms with Gasteiger partial charge in [-0.05, 0) is 70.6 Å². The van der Waals surface area contributed by atoms with E-state index in [-0.39, 0.29) is 31.1 Å². The van der Waals surface area contributed by atoms with Crippen LogP contribution in [0.15, 0.2) is 24.3 Å². The van der Waals surface area contributed by atoms with E-state index in [0.29, 0.717) is 19.3 Å². The first-order chi connectivity index (χ1) is 30.0. The minimum absolute atomic E-state index is 0.0733. The molecule has 61 heavy (non-hydrogen) atoms. The lowest BCUT2D eigenvalue weighted by molar-refractivity contribution is -0.167. The summed E-state index contributed by atoms with van der Waals surface area (Å²) in [7, 11) is 0. The predicted molar refractivity (Wildman–Crippen MR) is 261 cm³/mol. The number of unbranched alkanes of at least 4 members (excludes halogenated alkanes) is 34. The van der Waals surface area contributed by atoms with Crippen LogP contribution in [0.3, 0.4) is 0 Å². The van der Waals surface area contributed by atoms with Crippen LogP contribution in [0.25, 0.3) is 0 Å². The minimum Gasteiger partial charge on any atom is -0.462 e. The van der Waals surface area contributed by atoms with Gasteiger partial charge in [0.1, 0.15) is 13.2 Å². The fourth-order valence-corrected chi connectivity index (χ4v) is 7.84. The normalized spacial score (nSPS) is 12.1. The molecule has 1 atom stereocenters. The third-order valence-electron chi connectivity index (χ3n) is 11.9. The van der Waals surface area contributed by atoms with Crippen LogP contribution in [0, 0.1) is 0 Å². The summed E-state index contributed by atoms with van der Waals surface area (Å²) in [6, 6.07) is 0. The molecule has 0 bridgehead atoms. The number of allylic oxidation sites excluding steroid dienone is 4. The quantitative estimate of drug-likeness (QED) is 0.0262. The van der Waals surface area contributed by atoms with Crippen molar-refractivity contribution >= 4 is 17.9 Å². The van der Waals surface area contributed by atoms with Gasteiger partial charge in [0.25, 0.3) is 0 Å². The van der Waals surface area contributed by atoms with Gasteiger partial charge in [-0.3, -0.25) is 14.4 Å². The molecular formula is C55H102O6. The van der Waals surface area contributed by atoms with Gasteiger partial charge in [0.2, 0.25) is 0 Å². The minimum atomic E-state index is -0.774. The molecule has 0 N–H and O–H groups in total. The molecule has 6 heteroatoms. The molecule has 0 rings (SSSR count). The fraction of sp³-hybridized carbons (Fsp3) is 0.873. The predicted octanol–water partition coefficient (Wildman–Crippen LogP) is 17.5. The summed E-state index contributed by atoms with van der Waals surface area (Å²) < 4.78 is 16.8. The summed E-state index contributed by atoms with van der Waals surface area (Å²) >= 11 is 0. The number of hydrogen-bond acceptors (Lipinski definition) is 6. The van der Waals surface area contributed by atoms with E-state index in [0.717, 1.165) is 70.6 Å². The van der Waals surface area contributed by atoms with Crippen molar-refractivity contribution in [1.82, 2.24) is 0 Å². The molecule has 0 aliphatic heterocycles. The highest BCUT2D eigenvalue weighted by Crippen LogP contribution is 2.16. The molecule has 0 spiro atoms. The Morgan fingerprint density at radius 1 is 0.311 bits per heavy atom. The molecule has 0 amide bonds. The molecule has 0 aliphatic rings. The monoisotopic (exact) mass is 859 g/mol. The first-order valence-electron chi connectivity index (χ1n) is 26.8. The van der Waals surface area contributed by atoms with Crippen molar-refractivity contribution in [2.24, 2.45) is 0 Å². The Labute approximate surface area is 379 Å². The Kier molecular flexibility index (Phi) is 48.8. The van der Waals surface area contributed by atoms with Gasteiger partial charge in [0.15, 0.2) is 6.10 Å². The van der Waals surface area contributed by atoms with Gasteiger partial charge < -0.3 is 14.2 Å². The first-order valence-corrected chi connectivity index (χ1v) is 26.8. The van der Waals surface area contributed by atoms with Gasteiger partial charge in [-0.1, -0.05) is 225 Å². The summed E-state index contributed by atoms with van der Waals surface area (Å²) in [5.41, 5.74) is 0. The van der Waals surface area contributed by atoms with Crippen LogP contribution in [0.2, 0.25) is 0 Å². The molecule has 0 fully saturated rings. The van der Waals surface area contributed by atoms with Crippen molar-refractivity contribution in [2.45, 2.75) is 297 Å². The highest BCUT2D eigenvalue weighted by Gasteiger charge is 2.19. The Bertz CT molecular complexity index is 989. The summed E-state index contributed by atoms with van der Waals surface area (Å²) in [5.74, 6) is -0.876. The number of ether oxygens (including phenoxy) is 3. The smallest absolute Gasteiger partial charge is 0.306 e. The highest BCUT2D eigenvalue weighted by molar-refractivity contribution is 5.71. The zero-order chi connectivity index (χ0) is 44.4. The maximum absolute atomic E-state index is 12.8. The zero-order valence-electron chi connectivity index (χ0n) is 40.9. The number of rotatable bonds is 49. The van der Waals surface area contributed by atoms with Gasteiger partial charge in [0, 0.05) is 19.3 Å². The highest BCUT2D eigenvalue weighted by atomic mass is 16.6. The van der Waals surface area contributed by atoms with Crippen LogP contribution >= 0.6 is 0 Å². The van der Waals surface area contributed by atoms with Gasteiger partial charge in [-0.2, -0.15) is 0 Å². The number of esters is 3. The van der Waals surface area contributed by atoms with Crippen LogP contribution in [0.5, 0.6) is 0 Å². The molecule has 0 saturated heterocycles. The molecule has 0 radical (unpaired) electrons. The Balaban J connectivity index is 4.36. The van der Waals surface area contributed by atoms with E-state index >= 15 is 0 Å².